The molecule has 1 nitrogen and oxygen atoms in total. The van der Waals surface area contributed by atoms with Crippen molar-refractivity contribution in [3.8, 4) is 0 Å². The molecule has 96 valence electrons. The third-order valence-electron chi connectivity index (χ3n) is 5.04. The normalized spacial score (nSPS) is 41.7. The molecule has 0 amide bonds. The van der Waals surface area contributed by atoms with Gasteiger partial charge >= 0.3 is 0 Å². The van der Waals surface area contributed by atoms with Crippen LogP contribution >= 0.6 is 0 Å². The summed E-state index contributed by atoms with van der Waals surface area (Å²) in [6.45, 7) is 4.67. The van der Waals surface area contributed by atoms with Gasteiger partial charge in [0.05, 0.1) is 12.2 Å². The molecule has 0 bridgehead atoms. The summed E-state index contributed by atoms with van der Waals surface area (Å²) in [5.41, 5.74) is 1.80. The molecule has 2 fully saturated rings. The van der Waals surface area contributed by atoms with Crippen LogP contribution in [0.4, 0.5) is 0 Å². The molecule has 17 heavy (non-hydrogen) atoms. The van der Waals surface area contributed by atoms with Gasteiger partial charge in [-0.25, -0.2) is 0 Å². The van der Waals surface area contributed by atoms with Gasteiger partial charge in [0.15, 0.2) is 0 Å². The van der Waals surface area contributed by atoms with Crippen molar-refractivity contribution < 1.29 is 4.74 Å². The smallest absolute Gasteiger partial charge is 0.0667 e. The highest BCUT2D eigenvalue weighted by Crippen LogP contribution is 2.47. The largest absolute Gasteiger partial charge is 0.373 e. The Kier molecular flexibility index (Phi) is 3.30. The zero-order valence-corrected chi connectivity index (χ0v) is 11.3. The van der Waals surface area contributed by atoms with Crippen molar-refractivity contribution in [2.24, 2.45) is 17.8 Å². The van der Waals surface area contributed by atoms with Crippen LogP contribution in [0, 0.1) is 17.8 Å². The second-order valence-electron chi connectivity index (χ2n) is 6.52. The second-order valence-corrected chi connectivity index (χ2v) is 6.52. The van der Waals surface area contributed by atoms with E-state index in [0.717, 1.165) is 11.8 Å². The fraction of sp³-hybridized carbons (Fsp3) is 0.875. The van der Waals surface area contributed by atoms with Crippen LogP contribution in [0.25, 0.3) is 0 Å². The van der Waals surface area contributed by atoms with Gasteiger partial charge in [0, 0.05) is 11.8 Å². The van der Waals surface area contributed by atoms with Gasteiger partial charge in [-0.15, -0.1) is 0 Å². The lowest BCUT2D eigenvalue weighted by atomic mass is 9.67. The molecule has 1 saturated carbocycles. The van der Waals surface area contributed by atoms with Crippen molar-refractivity contribution in [1.29, 1.82) is 0 Å². The minimum Gasteiger partial charge on any atom is -0.373 e. The van der Waals surface area contributed by atoms with Gasteiger partial charge in [0.25, 0.3) is 0 Å². The number of hydrogen-bond donors (Lipinski definition) is 0. The summed E-state index contributed by atoms with van der Waals surface area (Å²) in [5.74, 6) is 2.21. The number of allylic oxidation sites excluding steroid dienone is 1. The standard InChI is InChI=1S/C16H26O/c1-11(2)16-14-9-4-3-7-12(14)13-8-5-6-10-15(13)17-16/h7,11,13-16H,3-6,8-10H2,1-2H3. The lowest BCUT2D eigenvalue weighted by Crippen LogP contribution is -2.47. The predicted molar refractivity (Wildman–Crippen MR) is 70.9 cm³/mol. The third-order valence-corrected chi connectivity index (χ3v) is 5.04. The quantitative estimate of drug-likeness (QED) is 0.614. The van der Waals surface area contributed by atoms with E-state index in [0.29, 0.717) is 18.1 Å². The number of fused-ring (bicyclic) bond motifs is 3. The SMILES string of the molecule is CC(C)C1OC2CCCCC2C2=CCCCC21. The Hall–Kier alpha value is -0.300. The zero-order valence-electron chi connectivity index (χ0n) is 11.3. The van der Waals surface area contributed by atoms with Crippen LogP contribution in [0.3, 0.4) is 0 Å². The molecular weight excluding hydrogens is 208 g/mol. The molecule has 1 aliphatic heterocycles. The fourth-order valence-electron chi connectivity index (χ4n) is 4.26. The van der Waals surface area contributed by atoms with Crippen LogP contribution in [0.15, 0.2) is 11.6 Å². The van der Waals surface area contributed by atoms with E-state index in [-0.39, 0.29) is 0 Å². The van der Waals surface area contributed by atoms with Crippen LogP contribution in [-0.2, 0) is 4.74 Å². The lowest BCUT2D eigenvalue weighted by Gasteiger charge is -2.48. The van der Waals surface area contributed by atoms with Crippen LogP contribution in [0.2, 0.25) is 0 Å². The molecular formula is C16H26O. The molecule has 0 aromatic rings. The van der Waals surface area contributed by atoms with E-state index >= 15 is 0 Å². The monoisotopic (exact) mass is 234 g/mol. The van der Waals surface area contributed by atoms with Crippen molar-refractivity contribution in [1.82, 2.24) is 0 Å². The Bertz CT molecular complexity index is 305. The summed E-state index contributed by atoms with van der Waals surface area (Å²) in [5, 5.41) is 0. The van der Waals surface area contributed by atoms with Crippen molar-refractivity contribution in [2.45, 2.75) is 71.0 Å². The van der Waals surface area contributed by atoms with Crippen LogP contribution < -0.4 is 0 Å². The Morgan fingerprint density at radius 2 is 1.82 bits per heavy atom. The molecule has 1 saturated heterocycles. The molecule has 0 aromatic carbocycles. The first-order valence-corrected chi connectivity index (χ1v) is 7.63. The van der Waals surface area contributed by atoms with Gasteiger partial charge < -0.3 is 4.74 Å². The molecule has 1 heterocycles. The van der Waals surface area contributed by atoms with Crippen LogP contribution in [0.1, 0.15) is 58.8 Å². The number of hydrogen-bond acceptors (Lipinski definition) is 1. The van der Waals surface area contributed by atoms with E-state index in [1.54, 1.807) is 5.57 Å². The molecule has 0 spiro atoms. The van der Waals surface area contributed by atoms with E-state index in [2.05, 4.69) is 19.9 Å². The summed E-state index contributed by atoms with van der Waals surface area (Å²) in [7, 11) is 0. The van der Waals surface area contributed by atoms with Gasteiger partial charge in [-0.05, 0) is 38.0 Å². The number of rotatable bonds is 1. The maximum absolute atomic E-state index is 6.48. The minimum absolute atomic E-state index is 0.501. The van der Waals surface area contributed by atoms with Crippen molar-refractivity contribution in [2.75, 3.05) is 0 Å². The Labute approximate surface area is 106 Å². The Morgan fingerprint density at radius 3 is 2.65 bits per heavy atom. The van der Waals surface area contributed by atoms with Crippen molar-refractivity contribution >= 4 is 0 Å². The molecule has 3 rings (SSSR count). The fourth-order valence-corrected chi connectivity index (χ4v) is 4.26. The molecule has 0 radical (unpaired) electrons. The Morgan fingerprint density at radius 1 is 1.06 bits per heavy atom. The molecule has 4 unspecified atom stereocenters. The van der Waals surface area contributed by atoms with Crippen molar-refractivity contribution in [3.05, 3.63) is 11.6 Å². The summed E-state index contributed by atoms with van der Waals surface area (Å²) >= 11 is 0. The lowest BCUT2D eigenvalue weighted by molar-refractivity contribution is -0.121. The van der Waals surface area contributed by atoms with Crippen molar-refractivity contribution in [3.63, 3.8) is 0 Å². The third kappa shape index (κ3) is 2.07. The topological polar surface area (TPSA) is 9.23 Å². The summed E-state index contributed by atoms with van der Waals surface area (Å²) in [6, 6.07) is 0. The maximum atomic E-state index is 6.48. The molecule has 3 aliphatic rings. The van der Waals surface area contributed by atoms with Gasteiger partial charge in [-0.2, -0.15) is 0 Å². The van der Waals surface area contributed by atoms with E-state index in [1.165, 1.54) is 44.9 Å². The average molecular weight is 234 g/mol. The predicted octanol–water partition coefficient (Wildman–Crippen LogP) is 4.33. The maximum Gasteiger partial charge on any atom is 0.0667 e. The van der Waals surface area contributed by atoms with Gasteiger partial charge in [-0.3, -0.25) is 0 Å². The second kappa shape index (κ2) is 4.76. The highest BCUT2D eigenvalue weighted by Gasteiger charge is 2.43. The Balaban J connectivity index is 1.88. The van der Waals surface area contributed by atoms with E-state index in [4.69, 9.17) is 4.74 Å². The molecule has 4 atom stereocenters. The molecule has 2 aliphatic carbocycles. The van der Waals surface area contributed by atoms with E-state index in [9.17, 15) is 0 Å². The van der Waals surface area contributed by atoms with E-state index in [1.807, 2.05) is 0 Å². The van der Waals surface area contributed by atoms with E-state index < -0.39 is 0 Å². The first-order valence-electron chi connectivity index (χ1n) is 7.63. The molecule has 1 heteroatoms. The van der Waals surface area contributed by atoms with Crippen LogP contribution in [0.5, 0.6) is 0 Å². The highest BCUT2D eigenvalue weighted by molar-refractivity contribution is 5.20. The van der Waals surface area contributed by atoms with Gasteiger partial charge in [0.1, 0.15) is 0 Å². The summed E-state index contributed by atoms with van der Waals surface area (Å²) in [6.07, 6.45) is 13.2. The molecule has 0 N–H and O–H groups in total. The summed E-state index contributed by atoms with van der Waals surface area (Å²) in [4.78, 5) is 0. The summed E-state index contributed by atoms with van der Waals surface area (Å²) < 4.78 is 6.48. The zero-order chi connectivity index (χ0) is 11.8. The molecule has 0 aromatic heterocycles. The highest BCUT2D eigenvalue weighted by atomic mass is 16.5. The average Bonchev–Trinajstić information content (AvgIpc) is 2.37. The minimum atomic E-state index is 0.501. The van der Waals surface area contributed by atoms with Gasteiger partial charge in [0.2, 0.25) is 0 Å². The van der Waals surface area contributed by atoms with Gasteiger partial charge in [-0.1, -0.05) is 38.3 Å². The first-order chi connectivity index (χ1) is 8.27. The number of ether oxygens (including phenoxy) is 1. The van der Waals surface area contributed by atoms with Crippen LogP contribution in [-0.4, -0.2) is 12.2 Å². The first kappa shape index (κ1) is 11.8.